The first-order chi connectivity index (χ1) is 31.9. The summed E-state index contributed by atoms with van der Waals surface area (Å²) in [5.74, 6) is 0.280. The number of anilines is 3. The molecule has 0 bridgehead atoms. The van der Waals surface area contributed by atoms with Crippen molar-refractivity contribution in [2.75, 3.05) is 16.0 Å². The highest BCUT2D eigenvalue weighted by Crippen LogP contribution is 2.55. The lowest BCUT2D eigenvalue weighted by Crippen LogP contribution is -2.50. The van der Waals surface area contributed by atoms with Gasteiger partial charge in [0.25, 0.3) is 0 Å². The smallest absolute Gasteiger partial charge is 0.356 e. The van der Waals surface area contributed by atoms with Crippen molar-refractivity contribution >= 4 is 50.6 Å². The molecular weight excluding hydrogens is 892 g/mol. The molecule has 6 heterocycles. The molecular formula is C46H37F9N12+2. The van der Waals surface area contributed by atoms with Gasteiger partial charge in [0.05, 0.1) is 17.5 Å². The monoisotopic (exact) mass is 928 g/mol. The number of nitrogens with zero attached hydrogens (tertiary/aromatic N) is 6. The number of rotatable bonds is 12. The van der Waals surface area contributed by atoms with E-state index < -0.39 is 52.7 Å². The fourth-order valence-electron chi connectivity index (χ4n) is 8.71. The Morgan fingerprint density at radius 1 is 0.627 bits per heavy atom. The molecule has 67 heavy (non-hydrogen) atoms. The molecule has 0 amide bonds. The number of fused-ring (bicyclic) bond motifs is 3. The van der Waals surface area contributed by atoms with Crippen LogP contribution in [0.3, 0.4) is 0 Å². The Hall–Kier alpha value is -7.71. The molecule has 12 nitrogen and oxygen atoms in total. The lowest BCUT2D eigenvalue weighted by atomic mass is 9.91. The molecule has 6 N–H and O–H groups in total. The highest BCUT2D eigenvalue weighted by atomic mass is 19.4. The lowest BCUT2D eigenvalue weighted by molar-refractivity contribution is -0.683. The minimum atomic E-state index is -4.83. The Kier molecular flexibility index (Phi) is 10.1. The predicted molar refractivity (Wildman–Crippen MR) is 228 cm³/mol. The van der Waals surface area contributed by atoms with E-state index in [9.17, 15) is 39.5 Å². The van der Waals surface area contributed by atoms with Crippen LogP contribution in [0.5, 0.6) is 0 Å². The van der Waals surface area contributed by atoms with Crippen LogP contribution in [0.15, 0.2) is 128 Å². The Balaban J connectivity index is 1.06. The van der Waals surface area contributed by atoms with Crippen LogP contribution in [0.2, 0.25) is 0 Å². The SMILES string of the molecule is CC(C[n+]1cnc(NCc2ccccc2)c2cc(C(F)(F)F)[nH]c21)(Nc1nc[n+](C2CC2(Nc2ncnc3[nH]c(C(F)(F)F)cc23)c2ccccc2)c2[nH]c(C(F)(F)F)cc12)c1ccccc1. The molecule has 3 aromatic carbocycles. The average Bonchev–Trinajstić information content (AvgIpc) is 3.71. The van der Waals surface area contributed by atoms with Crippen molar-refractivity contribution in [3.05, 3.63) is 162 Å². The van der Waals surface area contributed by atoms with Gasteiger partial charge in [0.2, 0.25) is 35.6 Å². The first-order valence-electron chi connectivity index (χ1n) is 20.7. The minimum absolute atomic E-state index is 0.0150. The second-order valence-electron chi connectivity index (χ2n) is 16.6. The largest absolute Gasteiger partial charge is 0.445 e. The molecule has 0 saturated heterocycles. The number of hydrogen-bond acceptors (Lipinski definition) is 7. The third-order valence-electron chi connectivity index (χ3n) is 12.1. The molecule has 1 fully saturated rings. The van der Waals surface area contributed by atoms with Crippen LogP contribution in [0.1, 0.15) is 53.2 Å². The van der Waals surface area contributed by atoms with Crippen LogP contribution in [0.25, 0.3) is 33.1 Å². The summed E-state index contributed by atoms with van der Waals surface area (Å²) in [6.07, 6.45) is -10.1. The van der Waals surface area contributed by atoms with E-state index in [2.05, 4.69) is 45.9 Å². The molecule has 6 aromatic heterocycles. The maximum atomic E-state index is 14.7. The Labute approximate surface area is 373 Å². The van der Waals surface area contributed by atoms with E-state index in [0.29, 0.717) is 11.1 Å². The van der Waals surface area contributed by atoms with Gasteiger partial charge in [-0.2, -0.15) is 39.5 Å². The summed E-state index contributed by atoms with van der Waals surface area (Å²) in [6, 6.07) is 29.1. The number of alkyl halides is 9. The fraction of sp³-hybridized carbons (Fsp3) is 0.217. The zero-order valence-electron chi connectivity index (χ0n) is 34.9. The van der Waals surface area contributed by atoms with Gasteiger partial charge in [0.15, 0.2) is 11.4 Å². The maximum absolute atomic E-state index is 14.7. The van der Waals surface area contributed by atoms with Crippen molar-refractivity contribution in [2.45, 2.75) is 62.1 Å². The van der Waals surface area contributed by atoms with Crippen LogP contribution < -0.4 is 25.1 Å². The summed E-state index contributed by atoms with van der Waals surface area (Å²) >= 11 is 0. The number of benzene rings is 3. The Morgan fingerprint density at radius 2 is 1.19 bits per heavy atom. The van der Waals surface area contributed by atoms with Gasteiger partial charge in [0, 0.05) is 25.1 Å². The first-order valence-corrected chi connectivity index (χ1v) is 20.7. The highest BCUT2D eigenvalue weighted by molar-refractivity contribution is 5.89. The van der Waals surface area contributed by atoms with Crippen LogP contribution in [-0.2, 0) is 42.7 Å². The third kappa shape index (κ3) is 8.07. The van der Waals surface area contributed by atoms with Gasteiger partial charge in [0.1, 0.15) is 45.8 Å². The van der Waals surface area contributed by atoms with Crippen LogP contribution in [-0.4, -0.2) is 34.9 Å². The number of aromatic nitrogens is 9. The minimum Gasteiger partial charge on any atom is -0.356 e. The number of nitrogens with one attached hydrogen (secondary N) is 6. The zero-order chi connectivity index (χ0) is 46.9. The molecule has 21 heteroatoms. The quantitative estimate of drug-likeness (QED) is 0.0529. The molecule has 0 spiro atoms. The van der Waals surface area contributed by atoms with Crippen molar-refractivity contribution in [3.8, 4) is 0 Å². The molecule has 9 aromatic rings. The summed E-state index contributed by atoms with van der Waals surface area (Å²) in [5, 5.41) is 10.1. The Bertz CT molecular complexity index is 3260. The van der Waals surface area contributed by atoms with Crippen LogP contribution >= 0.6 is 0 Å². The van der Waals surface area contributed by atoms with Crippen molar-refractivity contribution in [3.63, 3.8) is 0 Å². The van der Waals surface area contributed by atoms with E-state index in [-0.39, 0.29) is 70.1 Å². The van der Waals surface area contributed by atoms with E-state index in [1.807, 2.05) is 30.3 Å². The molecule has 1 saturated carbocycles. The summed E-state index contributed by atoms with van der Waals surface area (Å²) in [7, 11) is 0. The number of halogens is 9. The molecule has 0 radical (unpaired) electrons. The third-order valence-corrected chi connectivity index (χ3v) is 12.1. The van der Waals surface area contributed by atoms with E-state index in [4.69, 9.17) is 4.98 Å². The summed E-state index contributed by atoms with van der Waals surface area (Å²) < 4.78 is 131. The standard InChI is InChI=1S/C46H35F9N12/c1-42(27-13-7-3-8-14-27,22-66-24-59-36(56-21-26-11-5-2-6-12-26)30-18-33(45(50,51)52)62-40(30)66)64-39-31-19-34(46(53,54)55)63-41(31)67(25-60-39)35-20-43(35,28-15-9-4-10-16-28)65-38-29-17-32(44(47,48)49)61-37(29)57-23-58-38/h2-19,23-25,35H,20-22H2,1H3,(H4,56,57,58,61,62,63,64,65)/p+2. The van der Waals surface area contributed by atoms with Gasteiger partial charge in [-0.1, -0.05) is 101 Å². The lowest BCUT2D eigenvalue weighted by Gasteiger charge is -2.30. The van der Waals surface area contributed by atoms with Gasteiger partial charge in [-0.15, -0.1) is 0 Å². The number of aromatic amines is 3. The van der Waals surface area contributed by atoms with Gasteiger partial charge in [-0.3, -0.25) is 9.97 Å². The topological polar surface area (TPSA) is 143 Å². The van der Waals surface area contributed by atoms with Gasteiger partial charge < -0.3 is 20.9 Å². The second kappa shape index (κ2) is 15.7. The molecule has 10 rings (SSSR count). The van der Waals surface area contributed by atoms with E-state index >= 15 is 0 Å². The first kappa shape index (κ1) is 43.2. The van der Waals surface area contributed by atoms with Crippen LogP contribution in [0.4, 0.5) is 57.0 Å². The normalized spacial score (nSPS) is 17.5. The van der Waals surface area contributed by atoms with Gasteiger partial charge in [-0.05, 0) is 29.7 Å². The van der Waals surface area contributed by atoms with Gasteiger partial charge >= 0.3 is 18.5 Å². The summed E-state index contributed by atoms with van der Waals surface area (Å²) in [4.78, 5) is 24.9. The van der Waals surface area contributed by atoms with E-state index in [0.717, 1.165) is 30.1 Å². The molecule has 0 aliphatic heterocycles. The number of hydrogen-bond donors (Lipinski definition) is 6. The Morgan fingerprint density at radius 3 is 1.85 bits per heavy atom. The fourth-order valence-corrected chi connectivity index (χ4v) is 8.71. The summed E-state index contributed by atoms with van der Waals surface area (Å²) in [6.45, 7) is 1.93. The van der Waals surface area contributed by atoms with Crippen molar-refractivity contribution < 1.29 is 48.6 Å². The van der Waals surface area contributed by atoms with Crippen LogP contribution in [0, 0.1) is 0 Å². The summed E-state index contributed by atoms with van der Waals surface area (Å²) in [5.41, 5.74) is -3.29. The molecule has 1 aliphatic rings. The van der Waals surface area contributed by atoms with Crippen molar-refractivity contribution in [1.29, 1.82) is 0 Å². The molecule has 1 aliphatic carbocycles. The second-order valence-corrected chi connectivity index (χ2v) is 16.6. The molecule has 3 unspecified atom stereocenters. The average molecular weight is 929 g/mol. The molecule has 342 valence electrons. The zero-order valence-corrected chi connectivity index (χ0v) is 34.9. The maximum Gasteiger partial charge on any atom is 0.445 e. The van der Waals surface area contributed by atoms with Crippen molar-refractivity contribution in [1.82, 2.24) is 34.9 Å². The van der Waals surface area contributed by atoms with E-state index in [1.54, 1.807) is 72.2 Å². The molecule has 3 atom stereocenters. The predicted octanol–water partition coefficient (Wildman–Crippen LogP) is 9.93. The van der Waals surface area contributed by atoms with Crippen molar-refractivity contribution in [2.24, 2.45) is 0 Å². The van der Waals surface area contributed by atoms with E-state index in [1.165, 1.54) is 17.2 Å². The van der Waals surface area contributed by atoms with Gasteiger partial charge in [-0.25, -0.2) is 19.1 Å². The highest BCUT2D eigenvalue weighted by Gasteiger charge is 2.60. The number of H-pyrrole nitrogens is 3.